The van der Waals surface area contributed by atoms with Gasteiger partial charge >= 0.3 is 0 Å². The molecule has 0 saturated heterocycles. The molecule has 0 unspecified atom stereocenters. The topological polar surface area (TPSA) is 62.1 Å². The first-order chi connectivity index (χ1) is 8.33. The largest absolute Gasteiger partial charge is 0.497 e. The quantitative estimate of drug-likeness (QED) is 0.772. The minimum atomic E-state index is 0.563. The molecule has 0 fully saturated rings. The number of methoxy groups -OCH3 is 2. The molecule has 0 bridgehead atoms. The third kappa shape index (κ3) is 2.79. The van der Waals surface area contributed by atoms with Crippen LogP contribution in [0.1, 0.15) is 0 Å². The maximum absolute atomic E-state index is 5.15. The van der Waals surface area contributed by atoms with Gasteiger partial charge in [0.15, 0.2) is 0 Å². The van der Waals surface area contributed by atoms with Crippen molar-refractivity contribution < 1.29 is 9.47 Å². The molecule has 0 atom stereocenters. The van der Waals surface area contributed by atoms with E-state index in [0.29, 0.717) is 19.0 Å². The van der Waals surface area contributed by atoms with E-state index in [2.05, 4.69) is 15.4 Å². The van der Waals surface area contributed by atoms with Crippen LogP contribution in [0.25, 0.3) is 11.4 Å². The summed E-state index contributed by atoms with van der Waals surface area (Å²) in [5.41, 5.74) is 0.882. The van der Waals surface area contributed by atoms with Gasteiger partial charge in [0.05, 0.1) is 20.3 Å². The maximum atomic E-state index is 5.15. The van der Waals surface area contributed by atoms with E-state index < -0.39 is 0 Å². The van der Waals surface area contributed by atoms with Crippen LogP contribution in [0, 0.1) is 0 Å². The fourth-order valence-electron chi connectivity index (χ4n) is 1.39. The molecule has 1 aromatic carbocycles. The Morgan fingerprint density at radius 2 is 2.18 bits per heavy atom. The van der Waals surface area contributed by atoms with Crippen LogP contribution in [0.4, 0.5) is 0 Å². The van der Waals surface area contributed by atoms with Crippen molar-refractivity contribution in [3.05, 3.63) is 24.3 Å². The van der Waals surface area contributed by atoms with E-state index in [1.807, 2.05) is 24.3 Å². The molecule has 90 valence electrons. The van der Waals surface area contributed by atoms with Crippen molar-refractivity contribution in [2.75, 3.05) is 20.8 Å². The zero-order chi connectivity index (χ0) is 12.1. The smallest absolute Gasteiger partial charge is 0.205 e. The minimum absolute atomic E-state index is 0.563. The molecule has 0 amide bonds. The van der Waals surface area contributed by atoms with Gasteiger partial charge in [0.1, 0.15) is 5.75 Å². The van der Waals surface area contributed by atoms with E-state index in [0.717, 1.165) is 11.3 Å². The summed E-state index contributed by atoms with van der Waals surface area (Å²) in [6.07, 6.45) is 0. The number of aromatic nitrogens is 4. The molecular weight excluding hydrogens is 220 g/mol. The van der Waals surface area contributed by atoms with E-state index in [1.54, 1.807) is 14.2 Å². The number of nitrogens with zero attached hydrogens (tertiary/aromatic N) is 4. The van der Waals surface area contributed by atoms with Crippen LogP contribution >= 0.6 is 0 Å². The molecule has 1 heterocycles. The number of ether oxygens (including phenoxy) is 2. The molecule has 0 N–H and O–H groups in total. The number of hydrogen-bond donors (Lipinski definition) is 0. The van der Waals surface area contributed by atoms with Crippen molar-refractivity contribution in [1.82, 2.24) is 20.2 Å². The molecule has 0 spiro atoms. The monoisotopic (exact) mass is 234 g/mol. The second-order valence-corrected chi connectivity index (χ2v) is 3.43. The first kappa shape index (κ1) is 11.5. The third-order valence-corrected chi connectivity index (χ3v) is 2.28. The van der Waals surface area contributed by atoms with E-state index in [4.69, 9.17) is 9.47 Å². The van der Waals surface area contributed by atoms with Crippen molar-refractivity contribution in [1.29, 1.82) is 0 Å². The second kappa shape index (κ2) is 5.40. The molecule has 6 nitrogen and oxygen atoms in total. The highest BCUT2D eigenvalue weighted by Crippen LogP contribution is 2.19. The molecule has 1 aromatic heterocycles. The lowest BCUT2D eigenvalue weighted by Crippen LogP contribution is -2.07. The lowest BCUT2D eigenvalue weighted by atomic mass is 10.2. The summed E-state index contributed by atoms with van der Waals surface area (Å²) >= 11 is 0. The van der Waals surface area contributed by atoms with Gasteiger partial charge in [-0.15, -0.1) is 10.2 Å². The number of benzene rings is 1. The summed E-state index contributed by atoms with van der Waals surface area (Å²) in [5, 5.41) is 12.2. The van der Waals surface area contributed by atoms with Crippen LogP contribution in [0.3, 0.4) is 0 Å². The average Bonchev–Trinajstić information content (AvgIpc) is 2.85. The zero-order valence-electron chi connectivity index (χ0n) is 9.83. The third-order valence-electron chi connectivity index (χ3n) is 2.28. The Kier molecular flexibility index (Phi) is 3.66. The van der Waals surface area contributed by atoms with E-state index in [-0.39, 0.29) is 0 Å². The van der Waals surface area contributed by atoms with Crippen molar-refractivity contribution >= 4 is 0 Å². The molecule has 6 heteroatoms. The summed E-state index contributed by atoms with van der Waals surface area (Å²) in [4.78, 5) is 1.51. The first-order valence-electron chi connectivity index (χ1n) is 5.24. The normalized spacial score (nSPS) is 10.5. The molecule has 0 aliphatic rings. The summed E-state index contributed by atoms with van der Waals surface area (Å²) in [7, 11) is 3.27. The van der Waals surface area contributed by atoms with Crippen LogP contribution in [-0.4, -0.2) is 41.0 Å². The predicted octanol–water partition coefficient (Wildman–Crippen LogP) is 0.995. The Bertz CT molecular complexity index is 484. The van der Waals surface area contributed by atoms with Crippen LogP contribution in [0.5, 0.6) is 5.75 Å². The molecule has 0 saturated carbocycles. The van der Waals surface area contributed by atoms with Gasteiger partial charge in [-0.05, 0) is 17.3 Å². The average molecular weight is 234 g/mol. The fourth-order valence-corrected chi connectivity index (χ4v) is 1.39. The molecular formula is C11H14N4O2. The van der Waals surface area contributed by atoms with E-state index in [1.165, 1.54) is 4.80 Å². The van der Waals surface area contributed by atoms with Crippen LogP contribution in [0.2, 0.25) is 0 Å². The van der Waals surface area contributed by atoms with Gasteiger partial charge in [0.25, 0.3) is 0 Å². The molecule has 2 rings (SSSR count). The van der Waals surface area contributed by atoms with Gasteiger partial charge in [-0.2, -0.15) is 4.80 Å². The summed E-state index contributed by atoms with van der Waals surface area (Å²) < 4.78 is 10.1. The van der Waals surface area contributed by atoms with Crippen LogP contribution < -0.4 is 4.74 Å². The van der Waals surface area contributed by atoms with Gasteiger partial charge in [0.2, 0.25) is 5.82 Å². The van der Waals surface area contributed by atoms with Gasteiger partial charge in [0, 0.05) is 12.7 Å². The predicted molar refractivity (Wildman–Crippen MR) is 61.7 cm³/mol. The van der Waals surface area contributed by atoms with Crippen molar-refractivity contribution in [3.63, 3.8) is 0 Å². The molecule has 17 heavy (non-hydrogen) atoms. The number of tetrazole rings is 1. The van der Waals surface area contributed by atoms with Crippen LogP contribution in [0.15, 0.2) is 24.3 Å². The Hall–Kier alpha value is -1.95. The molecule has 0 aliphatic carbocycles. The Labute approximate surface area is 99.2 Å². The van der Waals surface area contributed by atoms with Crippen molar-refractivity contribution in [2.45, 2.75) is 6.54 Å². The molecule has 0 radical (unpaired) electrons. The standard InChI is InChI=1S/C11H14N4O2/c1-16-7-6-15-13-11(12-14-15)9-4-3-5-10(8-9)17-2/h3-5,8H,6-7H2,1-2H3. The lowest BCUT2D eigenvalue weighted by Gasteiger charge is -2.00. The highest BCUT2D eigenvalue weighted by molar-refractivity contribution is 5.56. The zero-order valence-corrected chi connectivity index (χ0v) is 9.83. The van der Waals surface area contributed by atoms with Crippen molar-refractivity contribution in [2.24, 2.45) is 0 Å². The summed E-state index contributed by atoms with van der Waals surface area (Å²) in [5.74, 6) is 1.36. The second-order valence-electron chi connectivity index (χ2n) is 3.43. The Balaban J connectivity index is 2.18. The highest BCUT2D eigenvalue weighted by Gasteiger charge is 2.06. The summed E-state index contributed by atoms with van der Waals surface area (Å²) in [6.45, 7) is 1.15. The fraction of sp³-hybridized carbons (Fsp3) is 0.364. The number of rotatable bonds is 5. The van der Waals surface area contributed by atoms with Crippen molar-refractivity contribution in [3.8, 4) is 17.1 Å². The Morgan fingerprint density at radius 3 is 2.94 bits per heavy atom. The van der Waals surface area contributed by atoms with Gasteiger partial charge in [-0.25, -0.2) is 0 Å². The maximum Gasteiger partial charge on any atom is 0.205 e. The molecule has 0 aliphatic heterocycles. The van der Waals surface area contributed by atoms with Gasteiger partial charge in [-0.1, -0.05) is 12.1 Å². The highest BCUT2D eigenvalue weighted by atomic mass is 16.5. The van der Waals surface area contributed by atoms with Crippen LogP contribution in [-0.2, 0) is 11.3 Å². The first-order valence-corrected chi connectivity index (χ1v) is 5.24. The SMILES string of the molecule is COCCn1nnc(-c2cccc(OC)c2)n1. The van der Waals surface area contributed by atoms with E-state index >= 15 is 0 Å². The van der Waals surface area contributed by atoms with Gasteiger partial charge < -0.3 is 9.47 Å². The Morgan fingerprint density at radius 1 is 1.29 bits per heavy atom. The van der Waals surface area contributed by atoms with E-state index in [9.17, 15) is 0 Å². The lowest BCUT2D eigenvalue weighted by molar-refractivity contribution is 0.178. The van der Waals surface area contributed by atoms with Gasteiger partial charge in [-0.3, -0.25) is 0 Å². The number of hydrogen-bond acceptors (Lipinski definition) is 5. The minimum Gasteiger partial charge on any atom is -0.497 e. The summed E-state index contributed by atoms with van der Waals surface area (Å²) in [6, 6.07) is 7.56. The molecule has 2 aromatic rings.